The topological polar surface area (TPSA) is 59.8 Å². The average molecular weight is 393 g/mol. The number of benzene rings is 2. The number of piperazine rings is 1. The van der Waals surface area contributed by atoms with Gasteiger partial charge in [-0.2, -0.15) is 5.26 Å². The first-order valence-corrected chi connectivity index (χ1v) is 9.80. The molecule has 0 bridgehead atoms. The number of likely N-dealkylation sites (N-methyl/N-ethyl adjacent to an activating group) is 1. The molecule has 1 fully saturated rings. The van der Waals surface area contributed by atoms with E-state index in [0.717, 1.165) is 43.0 Å². The summed E-state index contributed by atoms with van der Waals surface area (Å²) in [6.45, 7) is 5.04. The molecule has 29 heavy (non-hydrogen) atoms. The van der Waals surface area contributed by atoms with Gasteiger partial charge in [0.25, 0.3) is 0 Å². The minimum atomic E-state index is -0.280. The minimum Gasteiger partial charge on any atom is -0.495 e. The predicted molar refractivity (Wildman–Crippen MR) is 114 cm³/mol. The van der Waals surface area contributed by atoms with Crippen LogP contribution in [0.2, 0.25) is 0 Å². The van der Waals surface area contributed by atoms with Crippen molar-refractivity contribution in [3.05, 3.63) is 59.2 Å². The first kappa shape index (κ1) is 20.7. The lowest BCUT2D eigenvalue weighted by molar-refractivity contribution is -0.134. The normalized spacial score (nSPS) is 15.5. The second-order valence-corrected chi connectivity index (χ2v) is 7.52. The van der Waals surface area contributed by atoms with E-state index < -0.39 is 0 Å². The van der Waals surface area contributed by atoms with Crippen molar-refractivity contribution in [3.63, 3.8) is 0 Å². The van der Waals surface area contributed by atoms with Crippen LogP contribution in [-0.2, 0) is 4.79 Å². The number of carbonyl (C=O) groups is 1. The van der Waals surface area contributed by atoms with E-state index in [-0.39, 0.29) is 11.9 Å². The van der Waals surface area contributed by atoms with Crippen LogP contribution in [0.15, 0.2) is 42.5 Å². The van der Waals surface area contributed by atoms with E-state index in [1.54, 1.807) is 32.2 Å². The summed E-state index contributed by atoms with van der Waals surface area (Å²) in [4.78, 5) is 19.1. The van der Waals surface area contributed by atoms with E-state index >= 15 is 0 Å². The maximum Gasteiger partial charge on any atom is 0.244 e. The number of hydrogen-bond acceptors (Lipinski definition) is 5. The number of methoxy groups -OCH3 is 1. The molecule has 1 saturated heterocycles. The second-order valence-electron chi connectivity index (χ2n) is 7.52. The highest BCUT2D eigenvalue weighted by atomic mass is 16.5. The lowest BCUT2D eigenvalue weighted by Gasteiger charge is -2.40. The number of rotatable bonds is 5. The molecule has 1 aliphatic heterocycles. The van der Waals surface area contributed by atoms with Crippen LogP contribution in [0.25, 0.3) is 0 Å². The Labute approximate surface area is 172 Å². The molecule has 0 N–H and O–H groups in total. The molecule has 0 saturated carbocycles. The van der Waals surface area contributed by atoms with E-state index in [4.69, 9.17) is 4.74 Å². The Morgan fingerprint density at radius 3 is 2.34 bits per heavy atom. The summed E-state index contributed by atoms with van der Waals surface area (Å²) in [6.07, 6.45) is 0. The Morgan fingerprint density at radius 1 is 1.14 bits per heavy atom. The molecule has 6 nitrogen and oxygen atoms in total. The molecule has 2 aromatic carbocycles. The van der Waals surface area contributed by atoms with Crippen LogP contribution in [-0.4, -0.2) is 63.1 Å². The molecule has 0 spiro atoms. The fourth-order valence-electron chi connectivity index (χ4n) is 3.81. The quantitative estimate of drug-likeness (QED) is 0.783. The summed E-state index contributed by atoms with van der Waals surface area (Å²) < 4.78 is 5.54. The lowest BCUT2D eigenvalue weighted by atomic mass is 10.0. The third-order valence-corrected chi connectivity index (χ3v) is 5.46. The number of nitrogens with zero attached hydrogens (tertiary/aromatic N) is 4. The molecular formula is C23H28N4O2. The fourth-order valence-corrected chi connectivity index (χ4v) is 3.81. The molecule has 1 heterocycles. The third kappa shape index (κ3) is 4.36. The van der Waals surface area contributed by atoms with Crippen molar-refractivity contribution in [3.8, 4) is 11.8 Å². The molecule has 1 amide bonds. The standard InChI is InChI=1S/C23H28N4O2/c1-17-14-20(21(29-4)15-19(17)16-24)26-10-12-27(13-11-26)22(23(28)25(2)3)18-8-6-5-7-9-18/h5-9,14-15,22H,10-13H2,1-4H3. The molecule has 0 aromatic heterocycles. The average Bonchev–Trinajstić information content (AvgIpc) is 2.75. The van der Waals surface area contributed by atoms with Gasteiger partial charge >= 0.3 is 0 Å². The van der Waals surface area contributed by atoms with E-state index in [2.05, 4.69) is 15.9 Å². The highest BCUT2D eigenvalue weighted by molar-refractivity contribution is 5.83. The molecule has 3 rings (SSSR count). The van der Waals surface area contributed by atoms with E-state index in [1.165, 1.54) is 0 Å². The smallest absolute Gasteiger partial charge is 0.244 e. The number of aryl methyl sites for hydroxylation is 1. The van der Waals surface area contributed by atoms with Crippen molar-refractivity contribution in [2.75, 3.05) is 52.3 Å². The van der Waals surface area contributed by atoms with Gasteiger partial charge < -0.3 is 14.5 Å². The van der Waals surface area contributed by atoms with Crippen LogP contribution in [0.3, 0.4) is 0 Å². The molecular weight excluding hydrogens is 364 g/mol. The monoisotopic (exact) mass is 392 g/mol. The van der Waals surface area contributed by atoms with Gasteiger partial charge in [0.05, 0.1) is 24.4 Å². The van der Waals surface area contributed by atoms with Crippen molar-refractivity contribution in [1.29, 1.82) is 5.26 Å². The van der Waals surface area contributed by atoms with Crippen molar-refractivity contribution in [1.82, 2.24) is 9.80 Å². The van der Waals surface area contributed by atoms with Gasteiger partial charge in [-0.15, -0.1) is 0 Å². The van der Waals surface area contributed by atoms with Crippen molar-refractivity contribution in [2.45, 2.75) is 13.0 Å². The highest BCUT2D eigenvalue weighted by Gasteiger charge is 2.32. The first-order valence-electron chi connectivity index (χ1n) is 9.80. The molecule has 2 aromatic rings. The number of ether oxygens (including phenoxy) is 1. The van der Waals surface area contributed by atoms with E-state index in [1.807, 2.05) is 43.3 Å². The van der Waals surface area contributed by atoms with Crippen LogP contribution in [0.4, 0.5) is 5.69 Å². The van der Waals surface area contributed by atoms with Gasteiger partial charge in [0.1, 0.15) is 11.8 Å². The summed E-state index contributed by atoms with van der Waals surface area (Å²) >= 11 is 0. The molecule has 1 aliphatic rings. The second kappa shape index (κ2) is 8.97. The maximum absolute atomic E-state index is 12.9. The van der Waals surface area contributed by atoms with Gasteiger partial charge in [-0.1, -0.05) is 30.3 Å². The zero-order valence-corrected chi connectivity index (χ0v) is 17.6. The number of nitriles is 1. The number of anilines is 1. The van der Waals surface area contributed by atoms with Crippen LogP contribution < -0.4 is 9.64 Å². The molecule has 0 radical (unpaired) electrons. The van der Waals surface area contributed by atoms with Gasteiger partial charge in [-0.3, -0.25) is 9.69 Å². The molecule has 6 heteroatoms. The zero-order chi connectivity index (χ0) is 21.0. The van der Waals surface area contributed by atoms with E-state index in [0.29, 0.717) is 11.3 Å². The summed E-state index contributed by atoms with van der Waals surface area (Å²) in [7, 11) is 5.24. The number of carbonyl (C=O) groups excluding carboxylic acids is 1. The summed E-state index contributed by atoms with van der Waals surface area (Å²) in [6, 6.07) is 15.7. The Kier molecular flexibility index (Phi) is 6.40. The van der Waals surface area contributed by atoms with Gasteiger partial charge in [0.2, 0.25) is 5.91 Å². The van der Waals surface area contributed by atoms with Gasteiger partial charge in [-0.25, -0.2) is 0 Å². The zero-order valence-electron chi connectivity index (χ0n) is 17.6. The number of amides is 1. The van der Waals surface area contributed by atoms with Gasteiger partial charge in [-0.05, 0) is 24.1 Å². The molecule has 0 aliphatic carbocycles. The van der Waals surface area contributed by atoms with Crippen LogP contribution >= 0.6 is 0 Å². The lowest BCUT2D eigenvalue weighted by Crippen LogP contribution is -2.51. The fraction of sp³-hybridized carbons (Fsp3) is 0.391. The Morgan fingerprint density at radius 2 is 1.79 bits per heavy atom. The maximum atomic E-state index is 12.9. The number of hydrogen-bond donors (Lipinski definition) is 0. The molecule has 152 valence electrons. The van der Waals surface area contributed by atoms with E-state index in [9.17, 15) is 10.1 Å². The van der Waals surface area contributed by atoms with Crippen LogP contribution in [0.1, 0.15) is 22.7 Å². The minimum absolute atomic E-state index is 0.0939. The molecule has 1 atom stereocenters. The summed E-state index contributed by atoms with van der Waals surface area (Å²) in [5.74, 6) is 0.807. The predicted octanol–water partition coefficient (Wildman–Crippen LogP) is 2.83. The Hall–Kier alpha value is -3.04. The van der Waals surface area contributed by atoms with Gasteiger partial charge in [0, 0.05) is 46.3 Å². The Bertz CT molecular complexity index is 897. The van der Waals surface area contributed by atoms with Crippen molar-refractivity contribution >= 4 is 11.6 Å². The highest BCUT2D eigenvalue weighted by Crippen LogP contribution is 2.33. The Balaban J connectivity index is 1.81. The SMILES string of the molecule is COc1cc(C#N)c(C)cc1N1CCN(C(C(=O)N(C)C)c2ccccc2)CC1. The first-order chi connectivity index (χ1) is 14.0. The van der Waals surface area contributed by atoms with Crippen LogP contribution in [0.5, 0.6) is 5.75 Å². The molecule has 1 unspecified atom stereocenters. The van der Waals surface area contributed by atoms with Gasteiger partial charge in [0.15, 0.2) is 0 Å². The summed E-state index contributed by atoms with van der Waals surface area (Å²) in [5, 5.41) is 9.28. The summed E-state index contributed by atoms with van der Waals surface area (Å²) in [5.41, 5.74) is 3.59. The van der Waals surface area contributed by atoms with Crippen LogP contribution in [0, 0.1) is 18.3 Å². The largest absolute Gasteiger partial charge is 0.495 e. The van der Waals surface area contributed by atoms with Crippen molar-refractivity contribution < 1.29 is 9.53 Å². The van der Waals surface area contributed by atoms with Crippen molar-refractivity contribution in [2.24, 2.45) is 0 Å². The third-order valence-electron chi connectivity index (χ3n) is 5.46.